The number of hydrogen-bond donors (Lipinski definition) is 1. The summed E-state index contributed by atoms with van der Waals surface area (Å²) in [5.41, 5.74) is 3.63. The van der Waals surface area contributed by atoms with Crippen molar-refractivity contribution >= 4 is 16.7 Å². The smallest absolute Gasteiger partial charge is 0.258 e. The molecular weight excluding hydrogens is 322 g/mol. The molecule has 0 radical (unpaired) electrons. The molecule has 134 valence electrons. The Hall–Kier alpha value is -2.81. The van der Waals surface area contributed by atoms with Crippen LogP contribution in [0.2, 0.25) is 0 Å². The molecule has 0 saturated heterocycles. The van der Waals surface area contributed by atoms with E-state index in [-0.39, 0.29) is 18.6 Å². The molecule has 3 aromatic rings. The Morgan fingerprint density at radius 2 is 1.77 bits per heavy atom. The molecule has 0 aliphatic carbocycles. The van der Waals surface area contributed by atoms with Gasteiger partial charge in [0.1, 0.15) is 5.75 Å². The monoisotopic (exact) mass is 347 g/mol. The van der Waals surface area contributed by atoms with E-state index in [2.05, 4.69) is 44.3 Å². The summed E-state index contributed by atoms with van der Waals surface area (Å²) in [5, 5.41) is 5.21. The van der Waals surface area contributed by atoms with E-state index in [9.17, 15) is 4.79 Å². The molecule has 0 aliphatic heterocycles. The van der Waals surface area contributed by atoms with Crippen molar-refractivity contribution in [2.45, 2.75) is 33.2 Å². The number of carbonyl (C=O) groups excluding carboxylic acids is 1. The molecule has 0 aliphatic rings. The SMILES string of the molecule is CCC(NC(=O)COc1cccc2ccccc12)c1ccc(C)c(C)c1. The largest absolute Gasteiger partial charge is 0.483 e. The van der Waals surface area contributed by atoms with E-state index in [4.69, 9.17) is 4.74 Å². The minimum Gasteiger partial charge on any atom is -0.483 e. The number of hydrogen-bond acceptors (Lipinski definition) is 2. The number of aryl methyl sites for hydroxylation is 2. The maximum atomic E-state index is 12.4. The van der Waals surface area contributed by atoms with E-state index >= 15 is 0 Å². The molecule has 1 amide bonds. The van der Waals surface area contributed by atoms with Gasteiger partial charge in [-0.15, -0.1) is 0 Å². The van der Waals surface area contributed by atoms with Crippen molar-refractivity contribution in [1.82, 2.24) is 5.32 Å². The van der Waals surface area contributed by atoms with Crippen LogP contribution in [0.5, 0.6) is 5.75 Å². The van der Waals surface area contributed by atoms with Gasteiger partial charge in [0.05, 0.1) is 6.04 Å². The highest BCUT2D eigenvalue weighted by atomic mass is 16.5. The zero-order valence-corrected chi connectivity index (χ0v) is 15.6. The number of rotatable bonds is 6. The molecule has 1 N–H and O–H groups in total. The quantitative estimate of drug-likeness (QED) is 0.673. The molecular formula is C23H25NO2. The summed E-state index contributed by atoms with van der Waals surface area (Å²) in [4.78, 5) is 12.4. The lowest BCUT2D eigenvalue weighted by molar-refractivity contribution is -0.123. The summed E-state index contributed by atoms with van der Waals surface area (Å²) in [6.45, 7) is 6.27. The standard InChI is InChI=1S/C23H25NO2/c1-4-21(19-13-12-16(2)17(3)14-19)24-23(25)15-26-22-11-7-9-18-8-5-6-10-20(18)22/h5-14,21H,4,15H2,1-3H3,(H,24,25). The van der Waals surface area contributed by atoms with Gasteiger partial charge in [-0.1, -0.05) is 61.5 Å². The highest BCUT2D eigenvalue weighted by Gasteiger charge is 2.14. The van der Waals surface area contributed by atoms with E-state index in [1.807, 2.05) is 42.5 Å². The van der Waals surface area contributed by atoms with Crippen LogP contribution in [0.25, 0.3) is 10.8 Å². The third-order valence-electron chi connectivity index (χ3n) is 4.79. The first-order chi connectivity index (χ1) is 12.6. The Kier molecular flexibility index (Phi) is 5.57. The molecule has 0 bridgehead atoms. The maximum absolute atomic E-state index is 12.4. The Morgan fingerprint density at radius 3 is 2.54 bits per heavy atom. The van der Waals surface area contributed by atoms with Crippen LogP contribution in [0, 0.1) is 13.8 Å². The average Bonchev–Trinajstić information content (AvgIpc) is 2.66. The van der Waals surface area contributed by atoms with Gasteiger partial charge in [0, 0.05) is 5.39 Å². The molecule has 1 unspecified atom stereocenters. The topological polar surface area (TPSA) is 38.3 Å². The van der Waals surface area contributed by atoms with Crippen molar-refractivity contribution in [3.05, 3.63) is 77.4 Å². The zero-order valence-electron chi connectivity index (χ0n) is 15.6. The minimum absolute atomic E-state index is 0.00193. The lowest BCUT2D eigenvalue weighted by atomic mass is 9.99. The predicted molar refractivity (Wildman–Crippen MR) is 107 cm³/mol. The number of fused-ring (bicyclic) bond motifs is 1. The van der Waals surface area contributed by atoms with Crippen LogP contribution in [0.3, 0.4) is 0 Å². The van der Waals surface area contributed by atoms with Gasteiger partial charge in [-0.2, -0.15) is 0 Å². The fourth-order valence-corrected chi connectivity index (χ4v) is 3.10. The summed E-state index contributed by atoms with van der Waals surface area (Å²) in [7, 11) is 0. The first-order valence-electron chi connectivity index (χ1n) is 9.05. The fourth-order valence-electron chi connectivity index (χ4n) is 3.10. The second kappa shape index (κ2) is 8.05. The second-order valence-corrected chi connectivity index (χ2v) is 6.64. The van der Waals surface area contributed by atoms with Gasteiger partial charge in [-0.3, -0.25) is 4.79 Å². The number of amides is 1. The Balaban J connectivity index is 1.66. The summed E-state index contributed by atoms with van der Waals surface area (Å²) >= 11 is 0. The number of carbonyl (C=O) groups is 1. The highest BCUT2D eigenvalue weighted by Crippen LogP contribution is 2.25. The fraction of sp³-hybridized carbons (Fsp3) is 0.261. The van der Waals surface area contributed by atoms with Gasteiger partial charge in [-0.25, -0.2) is 0 Å². The first kappa shape index (κ1) is 18.0. The van der Waals surface area contributed by atoms with Gasteiger partial charge in [-0.05, 0) is 48.4 Å². The number of ether oxygens (including phenoxy) is 1. The molecule has 1 atom stereocenters. The van der Waals surface area contributed by atoms with E-state index in [0.29, 0.717) is 0 Å². The molecule has 0 heterocycles. The van der Waals surface area contributed by atoms with Crippen molar-refractivity contribution in [3.8, 4) is 5.75 Å². The van der Waals surface area contributed by atoms with Crippen molar-refractivity contribution in [1.29, 1.82) is 0 Å². The van der Waals surface area contributed by atoms with Crippen molar-refractivity contribution < 1.29 is 9.53 Å². The van der Waals surface area contributed by atoms with Crippen LogP contribution in [-0.4, -0.2) is 12.5 Å². The maximum Gasteiger partial charge on any atom is 0.258 e. The van der Waals surface area contributed by atoms with E-state index in [1.165, 1.54) is 11.1 Å². The predicted octanol–water partition coefficient (Wildman–Crippen LogP) is 5.10. The lowest BCUT2D eigenvalue weighted by Gasteiger charge is -2.19. The van der Waals surface area contributed by atoms with E-state index in [0.717, 1.165) is 28.5 Å². The Bertz CT molecular complexity index is 912. The van der Waals surface area contributed by atoms with Crippen LogP contribution >= 0.6 is 0 Å². The molecule has 0 saturated carbocycles. The van der Waals surface area contributed by atoms with Crippen molar-refractivity contribution in [3.63, 3.8) is 0 Å². The molecule has 26 heavy (non-hydrogen) atoms. The summed E-state index contributed by atoms with van der Waals surface area (Å²) in [6, 6.07) is 20.2. The molecule has 3 aromatic carbocycles. The summed E-state index contributed by atoms with van der Waals surface area (Å²) in [6.07, 6.45) is 0.836. The summed E-state index contributed by atoms with van der Waals surface area (Å²) in [5.74, 6) is 0.625. The third kappa shape index (κ3) is 4.05. The Morgan fingerprint density at radius 1 is 1.00 bits per heavy atom. The van der Waals surface area contributed by atoms with Gasteiger partial charge < -0.3 is 10.1 Å². The average molecular weight is 347 g/mol. The van der Waals surface area contributed by atoms with Crippen LogP contribution < -0.4 is 10.1 Å². The van der Waals surface area contributed by atoms with Crippen LogP contribution in [0.4, 0.5) is 0 Å². The normalized spacial score (nSPS) is 12.0. The second-order valence-electron chi connectivity index (χ2n) is 6.64. The van der Waals surface area contributed by atoms with E-state index < -0.39 is 0 Å². The van der Waals surface area contributed by atoms with Gasteiger partial charge in [0.25, 0.3) is 5.91 Å². The van der Waals surface area contributed by atoms with Gasteiger partial charge in [0.15, 0.2) is 6.61 Å². The number of nitrogens with one attached hydrogen (secondary N) is 1. The number of benzene rings is 3. The van der Waals surface area contributed by atoms with E-state index in [1.54, 1.807) is 0 Å². The molecule has 3 nitrogen and oxygen atoms in total. The molecule has 3 rings (SSSR count). The molecule has 0 aromatic heterocycles. The van der Waals surface area contributed by atoms with Gasteiger partial charge in [0.2, 0.25) is 0 Å². The first-order valence-corrected chi connectivity index (χ1v) is 9.05. The van der Waals surface area contributed by atoms with Crippen molar-refractivity contribution in [2.24, 2.45) is 0 Å². The Labute approximate surface area is 155 Å². The third-order valence-corrected chi connectivity index (χ3v) is 4.79. The van der Waals surface area contributed by atoms with Crippen LogP contribution in [0.1, 0.15) is 36.1 Å². The van der Waals surface area contributed by atoms with Crippen LogP contribution in [0.15, 0.2) is 60.7 Å². The minimum atomic E-state index is -0.108. The summed E-state index contributed by atoms with van der Waals surface area (Å²) < 4.78 is 5.79. The van der Waals surface area contributed by atoms with Gasteiger partial charge >= 0.3 is 0 Å². The zero-order chi connectivity index (χ0) is 18.5. The lowest BCUT2D eigenvalue weighted by Crippen LogP contribution is -2.32. The highest BCUT2D eigenvalue weighted by molar-refractivity contribution is 5.88. The van der Waals surface area contributed by atoms with Crippen LogP contribution in [-0.2, 0) is 4.79 Å². The van der Waals surface area contributed by atoms with Crippen molar-refractivity contribution in [2.75, 3.05) is 6.61 Å². The molecule has 0 fully saturated rings. The molecule has 3 heteroatoms. The molecule has 0 spiro atoms.